The number of carbonyl (C=O) groups is 2. The van der Waals surface area contributed by atoms with Crippen LogP contribution in [0.2, 0.25) is 0 Å². The van der Waals surface area contributed by atoms with E-state index >= 15 is 0 Å². The second-order valence-electron chi connectivity index (χ2n) is 7.05. The van der Waals surface area contributed by atoms with Crippen LogP contribution in [0.3, 0.4) is 0 Å². The summed E-state index contributed by atoms with van der Waals surface area (Å²) in [4.78, 5) is 26.5. The average molecular weight is 387 g/mol. The van der Waals surface area contributed by atoms with Crippen LogP contribution < -0.4 is 15.4 Å². The topological polar surface area (TPSA) is 88.5 Å². The third-order valence-electron chi connectivity index (χ3n) is 4.30. The van der Waals surface area contributed by atoms with E-state index in [9.17, 15) is 9.59 Å². The Balaban J connectivity index is 1.86. The molecule has 28 heavy (non-hydrogen) atoms. The minimum absolute atomic E-state index is 0.102. The summed E-state index contributed by atoms with van der Waals surface area (Å²) >= 11 is 0. The predicted octanol–water partition coefficient (Wildman–Crippen LogP) is 1.70. The zero-order valence-electron chi connectivity index (χ0n) is 17.2. The maximum absolute atomic E-state index is 12.3. The summed E-state index contributed by atoms with van der Waals surface area (Å²) in [6, 6.07) is 5.70. The van der Waals surface area contributed by atoms with E-state index in [-0.39, 0.29) is 30.9 Å². The van der Waals surface area contributed by atoms with E-state index in [0.717, 1.165) is 11.1 Å². The molecule has 0 fully saturated rings. The Hall–Kier alpha value is -2.87. The Kier molecular flexibility index (Phi) is 7.57. The van der Waals surface area contributed by atoms with Crippen LogP contribution in [0.15, 0.2) is 30.6 Å². The van der Waals surface area contributed by atoms with E-state index in [1.807, 2.05) is 51.0 Å². The summed E-state index contributed by atoms with van der Waals surface area (Å²) in [6.45, 7) is 6.70. The molecule has 0 aliphatic rings. The lowest BCUT2D eigenvalue weighted by molar-refractivity contribution is -0.125. The number of amides is 2. The lowest BCUT2D eigenvalue weighted by atomic mass is 10.2. The maximum Gasteiger partial charge on any atom is 0.243 e. The van der Waals surface area contributed by atoms with Gasteiger partial charge in [0, 0.05) is 31.4 Å². The molecule has 1 heterocycles. The molecule has 0 atom stereocenters. The van der Waals surface area contributed by atoms with E-state index < -0.39 is 0 Å². The Morgan fingerprint density at radius 2 is 2.04 bits per heavy atom. The molecule has 8 heteroatoms. The number of carbonyl (C=O) groups excluding carboxylic acids is 2. The van der Waals surface area contributed by atoms with Crippen LogP contribution in [0.1, 0.15) is 25.0 Å². The molecule has 0 saturated heterocycles. The Morgan fingerprint density at radius 3 is 2.64 bits per heavy atom. The van der Waals surface area contributed by atoms with Crippen molar-refractivity contribution in [1.29, 1.82) is 0 Å². The Morgan fingerprint density at radius 1 is 1.29 bits per heavy atom. The SMILES string of the molecule is COc1ccc(C)cc1NC(=O)CNC(=O)CN(Cc1cnn(C)c1)C(C)C. The molecule has 0 aliphatic carbocycles. The lowest BCUT2D eigenvalue weighted by Gasteiger charge is -2.25. The molecule has 2 aromatic rings. The van der Waals surface area contributed by atoms with Crippen LogP contribution >= 0.6 is 0 Å². The Bertz CT molecular complexity index is 816. The first-order chi connectivity index (χ1) is 13.3. The van der Waals surface area contributed by atoms with Crippen molar-refractivity contribution in [3.05, 3.63) is 41.7 Å². The standard InChI is InChI=1S/C20H29N5O3/c1-14(2)25(12-16-9-22-24(4)11-16)13-20(27)21-10-19(26)23-17-8-15(3)6-7-18(17)28-5/h6-9,11,14H,10,12-13H2,1-5H3,(H,21,27)(H,23,26). The van der Waals surface area contributed by atoms with Crippen LogP contribution in [0.5, 0.6) is 5.75 Å². The van der Waals surface area contributed by atoms with E-state index in [1.165, 1.54) is 0 Å². The number of ether oxygens (including phenoxy) is 1. The minimum Gasteiger partial charge on any atom is -0.495 e. The van der Waals surface area contributed by atoms with Crippen molar-refractivity contribution in [1.82, 2.24) is 20.0 Å². The highest BCUT2D eigenvalue weighted by atomic mass is 16.5. The molecule has 2 rings (SSSR count). The zero-order valence-corrected chi connectivity index (χ0v) is 17.2. The molecule has 2 N–H and O–H groups in total. The lowest BCUT2D eigenvalue weighted by Crippen LogP contribution is -2.42. The summed E-state index contributed by atoms with van der Waals surface area (Å²) in [6.07, 6.45) is 3.71. The molecule has 0 unspecified atom stereocenters. The van der Waals surface area contributed by atoms with Crippen molar-refractivity contribution in [2.75, 3.05) is 25.5 Å². The van der Waals surface area contributed by atoms with Crippen molar-refractivity contribution in [2.45, 2.75) is 33.4 Å². The molecule has 0 spiro atoms. The highest BCUT2D eigenvalue weighted by Crippen LogP contribution is 2.24. The average Bonchev–Trinajstić information content (AvgIpc) is 3.04. The van der Waals surface area contributed by atoms with E-state index in [4.69, 9.17) is 4.74 Å². The van der Waals surface area contributed by atoms with Gasteiger partial charge in [0.05, 0.1) is 32.1 Å². The number of nitrogens with zero attached hydrogens (tertiary/aromatic N) is 3. The summed E-state index contributed by atoms with van der Waals surface area (Å²) < 4.78 is 6.98. The van der Waals surface area contributed by atoms with Crippen molar-refractivity contribution < 1.29 is 14.3 Å². The van der Waals surface area contributed by atoms with Gasteiger partial charge in [-0.2, -0.15) is 5.10 Å². The van der Waals surface area contributed by atoms with Crippen molar-refractivity contribution in [2.24, 2.45) is 7.05 Å². The van der Waals surface area contributed by atoms with E-state index in [2.05, 4.69) is 15.7 Å². The smallest absolute Gasteiger partial charge is 0.243 e. The molecule has 0 bridgehead atoms. The fourth-order valence-corrected chi connectivity index (χ4v) is 2.74. The summed E-state index contributed by atoms with van der Waals surface area (Å²) in [5, 5.41) is 9.60. The fourth-order valence-electron chi connectivity index (χ4n) is 2.74. The normalized spacial score (nSPS) is 11.0. The number of anilines is 1. The fraction of sp³-hybridized carbons (Fsp3) is 0.450. The van der Waals surface area contributed by atoms with Gasteiger partial charge in [0.15, 0.2) is 0 Å². The van der Waals surface area contributed by atoms with Gasteiger partial charge in [-0.25, -0.2) is 0 Å². The van der Waals surface area contributed by atoms with Crippen LogP contribution in [0, 0.1) is 6.92 Å². The second kappa shape index (κ2) is 9.89. The van der Waals surface area contributed by atoms with Crippen LogP contribution in [0.25, 0.3) is 0 Å². The number of hydrogen-bond acceptors (Lipinski definition) is 5. The number of aromatic nitrogens is 2. The van der Waals surface area contributed by atoms with Crippen LogP contribution in [-0.4, -0.2) is 52.7 Å². The molecule has 0 aliphatic heterocycles. The van der Waals surface area contributed by atoms with Crippen molar-refractivity contribution in [3.63, 3.8) is 0 Å². The van der Waals surface area contributed by atoms with Gasteiger partial charge in [-0.15, -0.1) is 0 Å². The van der Waals surface area contributed by atoms with Crippen LogP contribution in [0.4, 0.5) is 5.69 Å². The molecule has 1 aromatic heterocycles. The van der Waals surface area contributed by atoms with Crippen molar-refractivity contribution >= 4 is 17.5 Å². The van der Waals surface area contributed by atoms with Gasteiger partial charge in [-0.05, 0) is 38.5 Å². The van der Waals surface area contributed by atoms with Crippen molar-refractivity contribution in [3.8, 4) is 5.75 Å². The summed E-state index contributed by atoms with van der Waals surface area (Å²) in [5.41, 5.74) is 2.62. The van der Waals surface area contributed by atoms with Gasteiger partial charge in [0.2, 0.25) is 11.8 Å². The van der Waals surface area contributed by atoms with Gasteiger partial charge in [-0.1, -0.05) is 6.07 Å². The van der Waals surface area contributed by atoms with Gasteiger partial charge in [0.1, 0.15) is 5.75 Å². The quantitative estimate of drug-likeness (QED) is 0.684. The maximum atomic E-state index is 12.3. The molecular weight excluding hydrogens is 358 g/mol. The number of aryl methyl sites for hydroxylation is 2. The van der Waals surface area contributed by atoms with Gasteiger partial charge < -0.3 is 15.4 Å². The molecule has 0 radical (unpaired) electrons. The zero-order chi connectivity index (χ0) is 20.7. The van der Waals surface area contributed by atoms with E-state index in [0.29, 0.717) is 18.0 Å². The number of nitrogens with one attached hydrogen (secondary N) is 2. The Labute approximate surface area is 165 Å². The third-order valence-corrected chi connectivity index (χ3v) is 4.30. The molecule has 1 aromatic carbocycles. The van der Waals surface area contributed by atoms with Crippen LogP contribution in [-0.2, 0) is 23.2 Å². The van der Waals surface area contributed by atoms with Gasteiger partial charge >= 0.3 is 0 Å². The minimum atomic E-state index is -0.305. The van der Waals surface area contributed by atoms with Gasteiger partial charge in [-0.3, -0.25) is 19.2 Å². The molecule has 152 valence electrons. The number of benzene rings is 1. The monoisotopic (exact) mass is 387 g/mol. The highest BCUT2D eigenvalue weighted by Gasteiger charge is 2.16. The number of hydrogen-bond donors (Lipinski definition) is 2. The highest BCUT2D eigenvalue weighted by molar-refractivity contribution is 5.96. The summed E-state index contributed by atoms with van der Waals surface area (Å²) in [5.74, 6) is 0.0669. The first-order valence-corrected chi connectivity index (χ1v) is 9.21. The molecule has 0 saturated carbocycles. The first kappa shape index (κ1) is 21.4. The molecular formula is C20H29N5O3. The third kappa shape index (κ3) is 6.38. The first-order valence-electron chi connectivity index (χ1n) is 9.21. The largest absolute Gasteiger partial charge is 0.495 e. The second-order valence-corrected chi connectivity index (χ2v) is 7.05. The van der Waals surface area contributed by atoms with Gasteiger partial charge in [0.25, 0.3) is 0 Å². The number of methoxy groups -OCH3 is 1. The van der Waals surface area contributed by atoms with E-state index in [1.54, 1.807) is 24.1 Å². The molecule has 8 nitrogen and oxygen atoms in total. The molecule has 2 amide bonds. The predicted molar refractivity (Wildman–Crippen MR) is 108 cm³/mol. The number of rotatable bonds is 9. The summed E-state index contributed by atoms with van der Waals surface area (Å²) in [7, 11) is 3.41.